The maximum Gasteiger partial charge on any atom is 0.226 e. The second kappa shape index (κ2) is 4.07. The first kappa shape index (κ1) is 9.77. The highest BCUT2D eigenvalue weighted by atomic mass is 16.5. The molecule has 13 heavy (non-hydrogen) atoms. The van der Waals surface area contributed by atoms with Crippen molar-refractivity contribution in [1.82, 2.24) is 5.16 Å². The van der Waals surface area contributed by atoms with Crippen molar-refractivity contribution in [3.8, 4) is 0 Å². The van der Waals surface area contributed by atoms with Crippen LogP contribution in [0.4, 0.5) is 5.69 Å². The summed E-state index contributed by atoms with van der Waals surface area (Å²) in [6.07, 6.45) is 2.07. The molecular formula is C9H14N2O2. The van der Waals surface area contributed by atoms with Crippen LogP contribution in [0.15, 0.2) is 10.7 Å². The number of aromatic nitrogens is 1. The van der Waals surface area contributed by atoms with Crippen LogP contribution in [-0.2, 0) is 4.79 Å². The third kappa shape index (κ3) is 1.88. The molecule has 0 saturated heterocycles. The van der Waals surface area contributed by atoms with Crippen LogP contribution in [0.2, 0.25) is 0 Å². The topological polar surface area (TPSA) is 46.3 Å². The molecule has 0 fully saturated rings. The molecule has 0 atom stereocenters. The lowest BCUT2D eigenvalue weighted by molar-refractivity contribution is -0.118. The molecule has 1 heterocycles. The number of aryl methyl sites for hydroxylation is 1. The summed E-state index contributed by atoms with van der Waals surface area (Å²) in [7, 11) is 0. The maximum absolute atomic E-state index is 11.5. The Labute approximate surface area is 77.5 Å². The molecule has 1 amide bonds. The number of anilines is 1. The highest BCUT2D eigenvalue weighted by molar-refractivity contribution is 5.93. The molecule has 72 valence electrons. The molecule has 0 aliphatic rings. The molecule has 0 spiro atoms. The number of amides is 1. The Morgan fingerprint density at radius 2 is 2.31 bits per heavy atom. The Balaban J connectivity index is 2.90. The molecule has 1 aromatic rings. The Morgan fingerprint density at radius 1 is 1.62 bits per heavy atom. The molecule has 1 aromatic heterocycles. The number of carbonyl (C=O) groups is 1. The van der Waals surface area contributed by atoms with Gasteiger partial charge in [0.25, 0.3) is 0 Å². The maximum atomic E-state index is 11.5. The number of carbonyl (C=O) groups excluding carboxylic acids is 1. The highest BCUT2D eigenvalue weighted by Crippen LogP contribution is 2.19. The molecule has 4 heteroatoms. The summed E-state index contributed by atoms with van der Waals surface area (Å²) in [5, 5.41) is 3.64. The summed E-state index contributed by atoms with van der Waals surface area (Å²) >= 11 is 0. The molecule has 0 radical (unpaired) electrons. The fourth-order valence-electron chi connectivity index (χ4n) is 1.22. The fraction of sp³-hybridized carbons (Fsp3) is 0.556. The second-order valence-electron chi connectivity index (χ2n) is 2.76. The van der Waals surface area contributed by atoms with E-state index in [0.717, 1.165) is 5.69 Å². The van der Waals surface area contributed by atoms with E-state index in [-0.39, 0.29) is 5.91 Å². The lowest BCUT2D eigenvalue weighted by Gasteiger charge is -2.17. The van der Waals surface area contributed by atoms with E-state index < -0.39 is 0 Å². The second-order valence-corrected chi connectivity index (χ2v) is 2.76. The Morgan fingerprint density at radius 3 is 2.69 bits per heavy atom. The van der Waals surface area contributed by atoms with Gasteiger partial charge in [0, 0.05) is 13.0 Å². The molecule has 0 aromatic carbocycles. The third-order valence-corrected chi connectivity index (χ3v) is 1.94. The quantitative estimate of drug-likeness (QED) is 0.715. The summed E-state index contributed by atoms with van der Waals surface area (Å²) in [6, 6.07) is 0. The first-order chi connectivity index (χ1) is 6.20. The van der Waals surface area contributed by atoms with Gasteiger partial charge in [-0.1, -0.05) is 12.1 Å². The van der Waals surface area contributed by atoms with Crippen molar-refractivity contribution < 1.29 is 9.32 Å². The van der Waals surface area contributed by atoms with E-state index in [1.165, 1.54) is 0 Å². The summed E-state index contributed by atoms with van der Waals surface area (Å²) < 4.78 is 4.90. The van der Waals surface area contributed by atoms with Gasteiger partial charge in [0.1, 0.15) is 5.69 Å². The molecule has 0 saturated carbocycles. The fourth-order valence-corrected chi connectivity index (χ4v) is 1.22. The van der Waals surface area contributed by atoms with Gasteiger partial charge < -0.3 is 9.42 Å². The minimum atomic E-state index is 0.0915. The average molecular weight is 182 g/mol. The van der Waals surface area contributed by atoms with Gasteiger partial charge in [0.15, 0.2) is 5.76 Å². The Kier molecular flexibility index (Phi) is 3.06. The van der Waals surface area contributed by atoms with E-state index in [2.05, 4.69) is 5.16 Å². The van der Waals surface area contributed by atoms with Gasteiger partial charge in [0.2, 0.25) is 5.91 Å². The zero-order chi connectivity index (χ0) is 9.84. The van der Waals surface area contributed by atoms with Gasteiger partial charge in [0.05, 0.1) is 6.20 Å². The average Bonchev–Trinajstić information content (AvgIpc) is 2.53. The smallest absolute Gasteiger partial charge is 0.226 e. The molecule has 0 N–H and O–H groups in total. The molecule has 0 aliphatic heterocycles. The number of nitrogens with zero attached hydrogens (tertiary/aromatic N) is 2. The normalized spacial score (nSPS) is 10.1. The van der Waals surface area contributed by atoms with Gasteiger partial charge >= 0.3 is 0 Å². The van der Waals surface area contributed by atoms with Crippen molar-refractivity contribution in [2.75, 3.05) is 11.4 Å². The molecular weight excluding hydrogens is 168 g/mol. The molecule has 1 rings (SSSR count). The van der Waals surface area contributed by atoms with Crippen molar-refractivity contribution in [3.63, 3.8) is 0 Å². The van der Waals surface area contributed by atoms with Gasteiger partial charge in [-0.3, -0.25) is 4.79 Å². The number of hydrogen-bond donors (Lipinski definition) is 0. The lowest BCUT2D eigenvalue weighted by Crippen LogP contribution is -2.29. The molecule has 0 unspecified atom stereocenters. The van der Waals surface area contributed by atoms with Crippen LogP contribution < -0.4 is 4.90 Å². The molecule has 0 bridgehead atoms. The van der Waals surface area contributed by atoms with Gasteiger partial charge in [-0.15, -0.1) is 0 Å². The summed E-state index contributed by atoms with van der Waals surface area (Å²) in [5.41, 5.74) is 0.773. The van der Waals surface area contributed by atoms with Crippen molar-refractivity contribution in [2.24, 2.45) is 0 Å². The monoisotopic (exact) mass is 182 g/mol. The zero-order valence-corrected chi connectivity index (χ0v) is 8.20. The van der Waals surface area contributed by atoms with Crippen LogP contribution >= 0.6 is 0 Å². The van der Waals surface area contributed by atoms with Crippen LogP contribution in [0.3, 0.4) is 0 Å². The van der Waals surface area contributed by atoms with Crippen molar-refractivity contribution in [1.29, 1.82) is 0 Å². The van der Waals surface area contributed by atoms with Crippen molar-refractivity contribution in [2.45, 2.75) is 27.2 Å². The van der Waals surface area contributed by atoms with Crippen molar-refractivity contribution >= 4 is 11.6 Å². The van der Waals surface area contributed by atoms with Gasteiger partial charge in [-0.05, 0) is 13.8 Å². The van der Waals surface area contributed by atoms with Crippen molar-refractivity contribution in [3.05, 3.63) is 12.0 Å². The van der Waals surface area contributed by atoms with Gasteiger partial charge in [-0.25, -0.2) is 0 Å². The standard InChI is InChI=1S/C9H14N2O2/c1-4-9(12)11(5-2)8-6-10-13-7(8)3/h6H,4-5H2,1-3H3. The first-order valence-electron chi connectivity index (χ1n) is 4.42. The predicted octanol–water partition coefficient (Wildman–Crippen LogP) is 1.75. The number of hydrogen-bond acceptors (Lipinski definition) is 3. The predicted molar refractivity (Wildman–Crippen MR) is 49.6 cm³/mol. The molecule has 0 aliphatic carbocycles. The van der Waals surface area contributed by atoms with E-state index in [9.17, 15) is 4.79 Å². The first-order valence-corrected chi connectivity index (χ1v) is 4.42. The van der Waals surface area contributed by atoms with E-state index in [4.69, 9.17) is 4.52 Å². The summed E-state index contributed by atoms with van der Waals surface area (Å²) in [5.74, 6) is 0.775. The minimum Gasteiger partial charge on any atom is -0.359 e. The summed E-state index contributed by atoms with van der Waals surface area (Å²) in [4.78, 5) is 13.1. The highest BCUT2D eigenvalue weighted by Gasteiger charge is 2.16. The lowest BCUT2D eigenvalue weighted by atomic mass is 10.3. The number of rotatable bonds is 3. The van der Waals surface area contributed by atoms with Crippen LogP contribution in [0, 0.1) is 6.92 Å². The van der Waals surface area contributed by atoms with Crippen LogP contribution in [0.5, 0.6) is 0 Å². The SMILES string of the molecule is CCC(=O)N(CC)c1cnoc1C. The zero-order valence-electron chi connectivity index (χ0n) is 8.20. The van der Waals surface area contributed by atoms with Crippen LogP contribution in [0.1, 0.15) is 26.0 Å². The van der Waals surface area contributed by atoms with Gasteiger partial charge in [-0.2, -0.15) is 0 Å². The Hall–Kier alpha value is -1.32. The Bertz CT molecular complexity index is 294. The summed E-state index contributed by atoms with van der Waals surface area (Å²) in [6.45, 7) is 6.22. The van der Waals surface area contributed by atoms with Crippen LogP contribution in [-0.4, -0.2) is 17.6 Å². The van der Waals surface area contributed by atoms with E-state index in [1.807, 2.05) is 13.8 Å². The van der Waals surface area contributed by atoms with E-state index in [1.54, 1.807) is 18.0 Å². The van der Waals surface area contributed by atoms with E-state index >= 15 is 0 Å². The van der Waals surface area contributed by atoms with E-state index in [0.29, 0.717) is 18.7 Å². The minimum absolute atomic E-state index is 0.0915. The third-order valence-electron chi connectivity index (χ3n) is 1.94. The molecule has 4 nitrogen and oxygen atoms in total. The van der Waals surface area contributed by atoms with Crippen LogP contribution in [0.25, 0.3) is 0 Å². The largest absolute Gasteiger partial charge is 0.359 e.